The summed E-state index contributed by atoms with van der Waals surface area (Å²) in [6.07, 6.45) is 4.53. The van der Waals surface area contributed by atoms with Crippen molar-refractivity contribution >= 4 is 40.1 Å². The lowest BCUT2D eigenvalue weighted by Crippen LogP contribution is -2.41. The van der Waals surface area contributed by atoms with Crippen LogP contribution in [0.1, 0.15) is 47.8 Å². The zero-order valence-electron chi connectivity index (χ0n) is 17.9. The number of H-pyrrole nitrogens is 1. The molecule has 3 aromatic rings. The fourth-order valence-electron chi connectivity index (χ4n) is 4.78. The number of ether oxygens (including phenoxy) is 1. The topological polar surface area (TPSA) is 91.5 Å². The number of hydrogen-bond donors (Lipinski definition) is 2. The lowest BCUT2D eigenvalue weighted by atomic mass is 9.95. The first-order valence-corrected chi connectivity index (χ1v) is 11.0. The van der Waals surface area contributed by atoms with Crippen LogP contribution in [0.5, 0.6) is 0 Å². The SMILES string of the molecule is CC1CC(=O)Nc2ccccc2N1C(=O)COC(=O)c1ccc2[nH]c3c(c2c1)CCCC3. The molecule has 1 aliphatic heterocycles. The molecule has 2 aromatic carbocycles. The Bertz CT molecular complexity index is 1230. The summed E-state index contributed by atoms with van der Waals surface area (Å²) in [6.45, 7) is 1.42. The van der Waals surface area contributed by atoms with E-state index in [1.165, 1.54) is 22.6 Å². The third-order valence-corrected chi connectivity index (χ3v) is 6.29. The molecule has 0 bridgehead atoms. The molecule has 0 saturated heterocycles. The van der Waals surface area contributed by atoms with Crippen LogP contribution in [0.15, 0.2) is 42.5 Å². The number of nitrogens with one attached hydrogen (secondary N) is 2. The minimum Gasteiger partial charge on any atom is -0.452 e. The predicted octanol–water partition coefficient (Wildman–Crippen LogP) is 3.97. The molecule has 2 aliphatic rings. The highest BCUT2D eigenvalue weighted by Crippen LogP contribution is 2.32. The summed E-state index contributed by atoms with van der Waals surface area (Å²) in [4.78, 5) is 42.9. The molecular formula is C25H25N3O4. The van der Waals surface area contributed by atoms with Gasteiger partial charge < -0.3 is 19.9 Å². The van der Waals surface area contributed by atoms with Crippen LogP contribution < -0.4 is 10.2 Å². The van der Waals surface area contributed by atoms with Crippen molar-refractivity contribution in [2.24, 2.45) is 0 Å². The van der Waals surface area contributed by atoms with Crippen LogP contribution in [-0.2, 0) is 27.2 Å². The number of hydrogen-bond acceptors (Lipinski definition) is 4. The Hall–Kier alpha value is -3.61. The number of carbonyl (C=O) groups is 3. The number of aromatic amines is 1. The lowest BCUT2D eigenvalue weighted by Gasteiger charge is -2.27. The maximum absolute atomic E-state index is 13.0. The molecule has 0 saturated carbocycles. The molecule has 0 radical (unpaired) electrons. The number of para-hydroxylation sites is 2. The molecule has 2 N–H and O–H groups in total. The highest BCUT2D eigenvalue weighted by atomic mass is 16.5. The van der Waals surface area contributed by atoms with Gasteiger partial charge in [0.15, 0.2) is 6.61 Å². The van der Waals surface area contributed by atoms with E-state index in [1.807, 2.05) is 25.1 Å². The first-order chi connectivity index (χ1) is 15.5. The number of esters is 1. The van der Waals surface area contributed by atoms with Crippen LogP contribution in [0.3, 0.4) is 0 Å². The van der Waals surface area contributed by atoms with E-state index >= 15 is 0 Å². The highest BCUT2D eigenvalue weighted by Gasteiger charge is 2.30. The van der Waals surface area contributed by atoms with Crippen molar-refractivity contribution in [3.63, 3.8) is 0 Å². The van der Waals surface area contributed by atoms with Gasteiger partial charge in [-0.2, -0.15) is 0 Å². The summed E-state index contributed by atoms with van der Waals surface area (Å²) in [6, 6.07) is 12.3. The van der Waals surface area contributed by atoms with Crippen LogP contribution in [0, 0.1) is 0 Å². The van der Waals surface area contributed by atoms with E-state index in [-0.39, 0.29) is 24.3 Å². The molecule has 7 nitrogen and oxygen atoms in total. The summed E-state index contributed by atoms with van der Waals surface area (Å²) >= 11 is 0. The van der Waals surface area contributed by atoms with Crippen molar-refractivity contribution in [2.45, 2.75) is 45.1 Å². The van der Waals surface area contributed by atoms with Gasteiger partial charge in [-0.3, -0.25) is 9.59 Å². The zero-order valence-corrected chi connectivity index (χ0v) is 17.9. The summed E-state index contributed by atoms with van der Waals surface area (Å²) in [5.41, 5.74) is 5.17. The molecule has 1 atom stereocenters. The molecular weight excluding hydrogens is 406 g/mol. The third-order valence-electron chi connectivity index (χ3n) is 6.29. The van der Waals surface area contributed by atoms with Gasteiger partial charge >= 0.3 is 5.97 Å². The van der Waals surface area contributed by atoms with Gasteiger partial charge in [-0.05, 0) is 68.5 Å². The van der Waals surface area contributed by atoms with Gasteiger partial charge in [-0.15, -0.1) is 0 Å². The van der Waals surface area contributed by atoms with Gasteiger partial charge in [0.25, 0.3) is 5.91 Å². The standard InChI is InChI=1S/C25H25N3O4/c1-15-12-23(29)27-21-8-4-5-9-22(21)28(15)24(30)14-32-25(31)16-10-11-20-18(13-16)17-6-2-3-7-19(17)26-20/h4-5,8-11,13,15,26H,2-3,6-7,12,14H2,1H3,(H,27,29). The second-order valence-corrected chi connectivity index (χ2v) is 8.51. The van der Waals surface area contributed by atoms with Crippen molar-refractivity contribution in [2.75, 3.05) is 16.8 Å². The number of aryl methyl sites for hydroxylation is 2. The fourth-order valence-corrected chi connectivity index (χ4v) is 4.78. The first-order valence-electron chi connectivity index (χ1n) is 11.0. The molecule has 164 valence electrons. The van der Waals surface area contributed by atoms with E-state index in [0.29, 0.717) is 16.9 Å². The van der Waals surface area contributed by atoms with Gasteiger partial charge in [0.05, 0.1) is 16.9 Å². The minimum atomic E-state index is -0.532. The van der Waals surface area contributed by atoms with E-state index in [9.17, 15) is 14.4 Å². The van der Waals surface area contributed by atoms with E-state index in [4.69, 9.17) is 4.74 Å². The van der Waals surface area contributed by atoms with Gasteiger partial charge in [-0.25, -0.2) is 4.79 Å². The van der Waals surface area contributed by atoms with Crippen LogP contribution in [0.2, 0.25) is 0 Å². The van der Waals surface area contributed by atoms with Gasteiger partial charge in [-0.1, -0.05) is 12.1 Å². The number of fused-ring (bicyclic) bond motifs is 4. The second kappa shape index (κ2) is 8.15. The number of anilines is 2. The predicted molar refractivity (Wildman–Crippen MR) is 122 cm³/mol. The maximum Gasteiger partial charge on any atom is 0.338 e. The van der Waals surface area contributed by atoms with Crippen molar-refractivity contribution in [3.8, 4) is 0 Å². The molecule has 1 unspecified atom stereocenters. The van der Waals surface area contributed by atoms with E-state index < -0.39 is 12.6 Å². The zero-order chi connectivity index (χ0) is 22.2. The van der Waals surface area contributed by atoms with Crippen LogP contribution in [0.25, 0.3) is 10.9 Å². The Morgan fingerprint density at radius 2 is 1.94 bits per heavy atom. The lowest BCUT2D eigenvalue weighted by molar-refractivity contribution is -0.122. The Morgan fingerprint density at radius 1 is 1.12 bits per heavy atom. The summed E-state index contributed by atoms with van der Waals surface area (Å²) in [5, 5.41) is 3.88. The first kappa shape index (κ1) is 20.3. The minimum absolute atomic E-state index is 0.152. The highest BCUT2D eigenvalue weighted by molar-refractivity contribution is 6.05. The molecule has 2 amide bonds. The van der Waals surface area contributed by atoms with Crippen molar-refractivity contribution in [3.05, 3.63) is 59.3 Å². The average molecular weight is 431 g/mol. The number of nitrogens with zero attached hydrogens (tertiary/aromatic N) is 1. The number of benzene rings is 2. The van der Waals surface area contributed by atoms with Gasteiger partial charge in [0.1, 0.15) is 0 Å². The molecule has 7 heteroatoms. The quantitative estimate of drug-likeness (QED) is 0.614. The smallest absolute Gasteiger partial charge is 0.338 e. The number of carbonyl (C=O) groups excluding carboxylic acids is 3. The van der Waals surface area contributed by atoms with Crippen LogP contribution in [-0.4, -0.2) is 35.4 Å². The van der Waals surface area contributed by atoms with E-state index in [1.54, 1.807) is 24.3 Å². The second-order valence-electron chi connectivity index (χ2n) is 8.51. The third kappa shape index (κ3) is 3.64. The van der Waals surface area contributed by atoms with Gasteiger partial charge in [0, 0.05) is 29.1 Å². The number of rotatable bonds is 3. The number of amides is 2. The summed E-state index contributed by atoms with van der Waals surface area (Å²) in [7, 11) is 0. The fraction of sp³-hybridized carbons (Fsp3) is 0.320. The number of aromatic nitrogens is 1. The van der Waals surface area contributed by atoms with E-state index in [2.05, 4.69) is 10.3 Å². The Balaban J connectivity index is 1.34. The van der Waals surface area contributed by atoms with Crippen molar-refractivity contribution in [1.82, 2.24) is 4.98 Å². The molecule has 5 rings (SSSR count). The van der Waals surface area contributed by atoms with Crippen LogP contribution in [0.4, 0.5) is 11.4 Å². The molecule has 0 spiro atoms. The summed E-state index contributed by atoms with van der Waals surface area (Å²) in [5.74, 6) is -1.05. The molecule has 2 heterocycles. The van der Waals surface area contributed by atoms with Gasteiger partial charge in [0.2, 0.25) is 5.91 Å². The summed E-state index contributed by atoms with van der Waals surface area (Å²) < 4.78 is 5.40. The van der Waals surface area contributed by atoms with E-state index in [0.717, 1.165) is 30.2 Å². The largest absolute Gasteiger partial charge is 0.452 e. The van der Waals surface area contributed by atoms with Crippen molar-refractivity contribution < 1.29 is 19.1 Å². The molecule has 0 fully saturated rings. The molecule has 32 heavy (non-hydrogen) atoms. The maximum atomic E-state index is 13.0. The molecule has 1 aromatic heterocycles. The Kier molecular flexibility index (Phi) is 5.17. The normalized spacial score (nSPS) is 17.8. The average Bonchev–Trinajstić information content (AvgIpc) is 3.10. The van der Waals surface area contributed by atoms with Crippen LogP contribution >= 0.6 is 0 Å². The Labute approximate surface area is 185 Å². The Morgan fingerprint density at radius 3 is 2.81 bits per heavy atom. The van der Waals surface area contributed by atoms with Crippen molar-refractivity contribution in [1.29, 1.82) is 0 Å². The monoisotopic (exact) mass is 431 g/mol. The molecule has 1 aliphatic carbocycles.